The summed E-state index contributed by atoms with van der Waals surface area (Å²) in [5.74, 6) is -0.521. The molecule has 0 saturated carbocycles. The van der Waals surface area contributed by atoms with E-state index in [9.17, 15) is 18.0 Å². The lowest BCUT2D eigenvalue weighted by Crippen LogP contribution is -2.34. The smallest absolute Gasteiger partial charge is 0.273 e. The number of carbonyl (C=O) groups is 2. The van der Waals surface area contributed by atoms with Gasteiger partial charge in [-0.2, -0.15) is 0 Å². The maximum absolute atomic E-state index is 13.0. The van der Waals surface area contributed by atoms with Crippen molar-refractivity contribution in [3.8, 4) is 0 Å². The van der Waals surface area contributed by atoms with Crippen LogP contribution in [-0.2, 0) is 10.0 Å². The SMILES string of the molecule is O=C(c1ccc(S(=O)(=O)Nc2cccc3cccnc23)cc1)N1CCN(C(=O)c2ccccn2)C1. The molecule has 0 unspecified atom stereocenters. The summed E-state index contributed by atoms with van der Waals surface area (Å²) >= 11 is 0. The van der Waals surface area contributed by atoms with Gasteiger partial charge in [-0.1, -0.05) is 24.3 Å². The number of benzene rings is 2. The summed E-state index contributed by atoms with van der Waals surface area (Å²) in [4.78, 5) is 37.0. The number of hydrogen-bond acceptors (Lipinski definition) is 6. The van der Waals surface area contributed by atoms with Crippen molar-refractivity contribution in [1.29, 1.82) is 0 Å². The second-order valence-corrected chi connectivity index (χ2v) is 9.69. The fourth-order valence-electron chi connectivity index (χ4n) is 3.92. The molecule has 1 saturated heterocycles. The average molecular weight is 488 g/mol. The molecular formula is C25H21N5O4S. The van der Waals surface area contributed by atoms with E-state index in [0.717, 1.165) is 5.39 Å². The number of rotatable bonds is 5. The largest absolute Gasteiger partial charge is 0.319 e. The molecule has 1 fully saturated rings. The first-order valence-corrected chi connectivity index (χ1v) is 12.4. The number of fused-ring (bicyclic) bond motifs is 1. The van der Waals surface area contributed by atoms with Crippen LogP contribution in [0, 0.1) is 0 Å². The van der Waals surface area contributed by atoms with Crippen molar-refractivity contribution < 1.29 is 18.0 Å². The summed E-state index contributed by atoms with van der Waals surface area (Å²) in [6.45, 7) is 0.924. The Morgan fingerprint density at radius 2 is 1.49 bits per heavy atom. The lowest BCUT2D eigenvalue weighted by atomic mass is 10.2. The second-order valence-electron chi connectivity index (χ2n) is 8.00. The molecule has 0 radical (unpaired) electrons. The molecule has 35 heavy (non-hydrogen) atoms. The van der Waals surface area contributed by atoms with Crippen molar-refractivity contribution in [2.45, 2.75) is 4.90 Å². The Morgan fingerprint density at radius 1 is 0.771 bits per heavy atom. The van der Waals surface area contributed by atoms with Gasteiger partial charge in [0.2, 0.25) is 0 Å². The number of anilines is 1. The summed E-state index contributed by atoms with van der Waals surface area (Å²) in [6.07, 6.45) is 3.15. The van der Waals surface area contributed by atoms with E-state index in [1.165, 1.54) is 24.3 Å². The van der Waals surface area contributed by atoms with Gasteiger partial charge in [-0.25, -0.2) is 8.42 Å². The highest BCUT2D eigenvalue weighted by Gasteiger charge is 2.29. The Kier molecular flexibility index (Phi) is 5.87. The van der Waals surface area contributed by atoms with Crippen LogP contribution in [0.4, 0.5) is 5.69 Å². The molecule has 2 aromatic heterocycles. The highest BCUT2D eigenvalue weighted by Crippen LogP contribution is 2.24. The van der Waals surface area contributed by atoms with Gasteiger partial charge in [0, 0.05) is 36.4 Å². The third kappa shape index (κ3) is 4.56. The van der Waals surface area contributed by atoms with Crippen LogP contribution >= 0.6 is 0 Å². The summed E-state index contributed by atoms with van der Waals surface area (Å²) in [5.41, 5.74) is 1.58. The fraction of sp³-hybridized carbons (Fsp3) is 0.120. The van der Waals surface area contributed by atoms with Crippen molar-refractivity contribution in [3.63, 3.8) is 0 Å². The van der Waals surface area contributed by atoms with Crippen LogP contribution in [0.5, 0.6) is 0 Å². The Morgan fingerprint density at radius 3 is 2.23 bits per heavy atom. The van der Waals surface area contributed by atoms with Gasteiger partial charge >= 0.3 is 0 Å². The fourth-order valence-corrected chi connectivity index (χ4v) is 4.99. The lowest BCUT2D eigenvalue weighted by molar-refractivity contribution is 0.0697. The van der Waals surface area contributed by atoms with E-state index in [1.54, 1.807) is 58.6 Å². The molecule has 0 bridgehead atoms. The van der Waals surface area contributed by atoms with E-state index in [2.05, 4.69) is 14.7 Å². The minimum absolute atomic E-state index is 0.0235. The first-order valence-electron chi connectivity index (χ1n) is 10.9. The Balaban J connectivity index is 1.28. The zero-order valence-electron chi connectivity index (χ0n) is 18.5. The normalized spacial score (nSPS) is 13.7. The number of pyridine rings is 2. The molecule has 3 heterocycles. The van der Waals surface area contributed by atoms with E-state index in [-0.39, 0.29) is 23.4 Å². The second kappa shape index (κ2) is 9.15. The number of aromatic nitrogens is 2. The van der Waals surface area contributed by atoms with Crippen molar-refractivity contribution in [3.05, 3.63) is 96.4 Å². The van der Waals surface area contributed by atoms with Crippen LogP contribution in [0.3, 0.4) is 0 Å². The van der Waals surface area contributed by atoms with Gasteiger partial charge in [0.15, 0.2) is 0 Å². The summed E-state index contributed by atoms with van der Waals surface area (Å²) in [6, 6.07) is 19.7. The highest BCUT2D eigenvalue weighted by atomic mass is 32.2. The van der Waals surface area contributed by atoms with Gasteiger partial charge in [0.25, 0.3) is 21.8 Å². The first kappa shape index (κ1) is 22.5. The van der Waals surface area contributed by atoms with Crippen LogP contribution in [0.1, 0.15) is 20.8 Å². The maximum Gasteiger partial charge on any atom is 0.273 e. The molecule has 5 rings (SSSR count). The van der Waals surface area contributed by atoms with Gasteiger partial charge in [0.05, 0.1) is 22.8 Å². The number of para-hydroxylation sites is 1. The Bertz CT molecular complexity index is 1500. The van der Waals surface area contributed by atoms with Gasteiger partial charge in [0.1, 0.15) is 5.69 Å². The van der Waals surface area contributed by atoms with Gasteiger partial charge < -0.3 is 9.80 Å². The Hall–Kier alpha value is -4.31. The zero-order chi connectivity index (χ0) is 24.4. The topological polar surface area (TPSA) is 113 Å². The van der Waals surface area contributed by atoms with Crippen LogP contribution in [0.2, 0.25) is 0 Å². The zero-order valence-corrected chi connectivity index (χ0v) is 19.4. The molecule has 176 valence electrons. The predicted octanol–water partition coefficient (Wildman–Crippen LogP) is 2.99. The lowest BCUT2D eigenvalue weighted by Gasteiger charge is -2.18. The first-order chi connectivity index (χ1) is 16.9. The number of nitrogens with zero attached hydrogens (tertiary/aromatic N) is 4. The number of carbonyl (C=O) groups excluding carboxylic acids is 2. The summed E-state index contributed by atoms with van der Waals surface area (Å²) in [5, 5.41) is 0.815. The summed E-state index contributed by atoms with van der Waals surface area (Å²) < 4.78 is 28.5. The van der Waals surface area contributed by atoms with Crippen LogP contribution in [-0.4, -0.2) is 59.8 Å². The molecule has 0 spiro atoms. The van der Waals surface area contributed by atoms with Crippen LogP contribution < -0.4 is 4.72 Å². The monoisotopic (exact) mass is 487 g/mol. The molecule has 10 heteroatoms. The van der Waals surface area contributed by atoms with Crippen molar-refractivity contribution in [2.24, 2.45) is 0 Å². The maximum atomic E-state index is 13.0. The van der Waals surface area contributed by atoms with Gasteiger partial charge in [-0.3, -0.25) is 24.3 Å². The van der Waals surface area contributed by atoms with Crippen molar-refractivity contribution in [1.82, 2.24) is 19.8 Å². The van der Waals surface area contributed by atoms with E-state index in [0.29, 0.717) is 35.6 Å². The number of nitrogens with one attached hydrogen (secondary N) is 1. The third-order valence-corrected chi connectivity index (χ3v) is 7.11. The number of hydrogen-bond donors (Lipinski definition) is 1. The highest BCUT2D eigenvalue weighted by molar-refractivity contribution is 7.92. The molecule has 1 N–H and O–H groups in total. The molecule has 4 aromatic rings. The molecule has 0 atom stereocenters. The van der Waals surface area contributed by atoms with E-state index >= 15 is 0 Å². The summed E-state index contributed by atoms with van der Waals surface area (Å²) in [7, 11) is -3.89. The standard InChI is InChI=1S/C25H21N5O4S/c31-24(29-15-16-30(17-29)25(32)22-7-1-2-13-26-22)19-9-11-20(12-10-19)35(33,34)28-21-8-3-5-18-6-4-14-27-23(18)21/h1-14,28H,15-17H2. The van der Waals surface area contributed by atoms with E-state index < -0.39 is 10.0 Å². The average Bonchev–Trinajstić information content (AvgIpc) is 3.39. The van der Waals surface area contributed by atoms with Gasteiger partial charge in [-0.05, 0) is 48.5 Å². The third-order valence-electron chi connectivity index (χ3n) is 5.73. The Labute approximate surface area is 202 Å². The quantitative estimate of drug-likeness (QED) is 0.463. The molecule has 0 aliphatic carbocycles. The van der Waals surface area contributed by atoms with Crippen LogP contribution in [0.15, 0.2) is 90.1 Å². The molecule has 9 nitrogen and oxygen atoms in total. The number of sulfonamides is 1. The van der Waals surface area contributed by atoms with Crippen molar-refractivity contribution >= 4 is 38.4 Å². The molecule has 1 aliphatic heterocycles. The molecule has 1 aliphatic rings. The molecule has 2 aromatic carbocycles. The number of amides is 2. The van der Waals surface area contributed by atoms with E-state index in [4.69, 9.17) is 0 Å². The predicted molar refractivity (Wildman–Crippen MR) is 130 cm³/mol. The van der Waals surface area contributed by atoms with Crippen LogP contribution in [0.25, 0.3) is 10.9 Å². The minimum atomic E-state index is -3.89. The van der Waals surface area contributed by atoms with E-state index in [1.807, 2.05) is 12.1 Å². The van der Waals surface area contributed by atoms with Gasteiger partial charge in [-0.15, -0.1) is 0 Å². The molecular weight excluding hydrogens is 466 g/mol. The molecule has 2 amide bonds. The minimum Gasteiger partial charge on any atom is -0.319 e. The van der Waals surface area contributed by atoms with Crippen molar-refractivity contribution in [2.75, 3.05) is 24.5 Å².